The van der Waals surface area contributed by atoms with Crippen LogP contribution in [-0.4, -0.2) is 37.0 Å². The summed E-state index contributed by atoms with van der Waals surface area (Å²) in [6, 6.07) is 0. The molecule has 0 bridgehead atoms. The van der Waals surface area contributed by atoms with E-state index in [0.717, 1.165) is 19.6 Å². The molecule has 0 spiro atoms. The number of thioether (sulfide) groups is 1. The molecule has 1 fully saturated rings. The number of rotatable bonds is 5. The van der Waals surface area contributed by atoms with Gasteiger partial charge >= 0.3 is 0 Å². The molecule has 1 saturated heterocycles. The fourth-order valence-corrected chi connectivity index (χ4v) is 1.62. The van der Waals surface area contributed by atoms with Crippen LogP contribution >= 0.6 is 11.8 Å². The number of nitrogens with one attached hydrogen (secondary N) is 2. The average Bonchev–Trinajstić information content (AvgIpc) is 2.10. The standard InChI is InChI=1S/C10H20N2OS/c1-7(14-3)4-12-10(13)8(2)9-5-11-6-9/h7-9,11H,4-6H2,1-3H3,(H,12,13). The first-order chi connectivity index (χ1) is 6.65. The van der Waals surface area contributed by atoms with Gasteiger partial charge in [-0.3, -0.25) is 4.79 Å². The van der Waals surface area contributed by atoms with Gasteiger partial charge in [-0.25, -0.2) is 0 Å². The quantitative estimate of drug-likeness (QED) is 0.711. The van der Waals surface area contributed by atoms with E-state index >= 15 is 0 Å². The zero-order valence-electron chi connectivity index (χ0n) is 9.17. The second kappa shape index (κ2) is 5.61. The fraction of sp³-hybridized carbons (Fsp3) is 0.900. The van der Waals surface area contributed by atoms with Crippen molar-refractivity contribution in [2.75, 3.05) is 25.9 Å². The van der Waals surface area contributed by atoms with Gasteiger partial charge in [0.2, 0.25) is 5.91 Å². The lowest BCUT2D eigenvalue weighted by molar-refractivity contribution is -0.126. The van der Waals surface area contributed by atoms with Crippen LogP contribution in [0.5, 0.6) is 0 Å². The van der Waals surface area contributed by atoms with Gasteiger partial charge in [0.1, 0.15) is 0 Å². The van der Waals surface area contributed by atoms with Gasteiger partial charge in [-0.05, 0) is 25.3 Å². The van der Waals surface area contributed by atoms with Crippen molar-refractivity contribution in [3.05, 3.63) is 0 Å². The Morgan fingerprint density at radius 1 is 1.57 bits per heavy atom. The van der Waals surface area contributed by atoms with Crippen molar-refractivity contribution in [1.29, 1.82) is 0 Å². The van der Waals surface area contributed by atoms with Gasteiger partial charge in [0.05, 0.1) is 0 Å². The van der Waals surface area contributed by atoms with Crippen LogP contribution < -0.4 is 10.6 Å². The maximum absolute atomic E-state index is 11.6. The van der Waals surface area contributed by atoms with Crippen molar-refractivity contribution in [3.63, 3.8) is 0 Å². The predicted molar refractivity (Wildman–Crippen MR) is 61.5 cm³/mol. The van der Waals surface area contributed by atoms with Gasteiger partial charge < -0.3 is 10.6 Å². The maximum Gasteiger partial charge on any atom is 0.223 e. The second-order valence-electron chi connectivity index (χ2n) is 4.00. The summed E-state index contributed by atoms with van der Waals surface area (Å²) in [6.07, 6.45) is 2.07. The number of hydrogen-bond donors (Lipinski definition) is 2. The van der Waals surface area contributed by atoms with Crippen LogP contribution in [0.25, 0.3) is 0 Å². The van der Waals surface area contributed by atoms with E-state index in [1.165, 1.54) is 0 Å². The van der Waals surface area contributed by atoms with Crippen LogP contribution in [0.1, 0.15) is 13.8 Å². The summed E-state index contributed by atoms with van der Waals surface area (Å²) in [5, 5.41) is 6.69. The molecule has 0 aliphatic carbocycles. The highest BCUT2D eigenvalue weighted by molar-refractivity contribution is 7.99. The summed E-state index contributed by atoms with van der Waals surface area (Å²) in [6.45, 7) is 6.91. The van der Waals surface area contributed by atoms with Crippen molar-refractivity contribution in [1.82, 2.24) is 10.6 Å². The molecule has 0 saturated carbocycles. The Morgan fingerprint density at radius 2 is 2.21 bits per heavy atom. The van der Waals surface area contributed by atoms with Gasteiger partial charge in [0.15, 0.2) is 0 Å². The van der Waals surface area contributed by atoms with E-state index in [1.54, 1.807) is 11.8 Å². The number of carbonyl (C=O) groups is 1. The average molecular weight is 216 g/mol. The Labute approximate surface area is 90.4 Å². The predicted octanol–water partition coefficient (Wildman–Crippen LogP) is 0.710. The summed E-state index contributed by atoms with van der Waals surface area (Å²) >= 11 is 1.78. The first kappa shape index (κ1) is 11.9. The first-order valence-electron chi connectivity index (χ1n) is 5.16. The van der Waals surface area contributed by atoms with Crippen molar-refractivity contribution in [2.45, 2.75) is 19.1 Å². The highest BCUT2D eigenvalue weighted by Crippen LogP contribution is 2.15. The molecule has 1 heterocycles. The van der Waals surface area contributed by atoms with E-state index in [9.17, 15) is 4.79 Å². The molecule has 2 atom stereocenters. The molecule has 1 rings (SSSR count). The van der Waals surface area contributed by atoms with Crippen molar-refractivity contribution in [3.8, 4) is 0 Å². The molecule has 2 N–H and O–H groups in total. The molecule has 14 heavy (non-hydrogen) atoms. The van der Waals surface area contributed by atoms with Crippen LogP contribution in [0.2, 0.25) is 0 Å². The minimum Gasteiger partial charge on any atom is -0.355 e. The molecule has 82 valence electrons. The second-order valence-corrected chi connectivity index (χ2v) is 5.27. The minimum absolute atomic E-state index is 0.158. The number of carbonyl (C=O) groups excluding carboxylic acids is 1. The van der Waals surface area contributed by atoms with E-state index in [-0.39, 0.29) is 11.8 Å². The van der Waals surface area contributed by atoms with E-state index in [4.69, 9.17) is 0 Å². The third kappa shape index (κ3) is 3.17. The van der Waals surface area contributed by atoms with E-state index in [0.29, 0.717) is 11.2 Å². The van der Waals surface area contributed by atoms with Crippen LogP contribution in [-0.2, 0) is 4.79 Å². The number of amides is 1. The third-order valence-corrected chi connectivity index (χ3v) is 3.87. The van der Waals surface area contributed by atoms with Gasteiger partial charge in [0.25, 0.3) is 0 Å². The molecule has 3 nitrogen and oxygen atoms in total. The monoisotopic (exact) mass is 216 g/mol. The van der Waals surface area contributed by atoms with Crippen molar-refractivity contribution >= 4 is 17.7 Å². The van der Waals surface area contributed by atoms with Gasteiger partial charge in [-0.15, -0.1) is 0 Å². The van der Waals surface area contributed by atoms with Crippen molar-refractivity contribution < 1.29 is 4.79 Å². The smallest absolute Gasteiger partial charge is 0.223 e. The fourth-order valence-electron chi connectivity index (χ4n) is 1.37. The molecule has 1 aliphatic heterocycles. The molecule has 4 heteroatoms. The topological polar surface area (TPSA) is 41.1 Å². The number of hydrogen-bond acceptors (Lipinski definition) is 3. The lowest BCUT2D eigenvalue weighted by Crippen LogP contribution is -2.50. The lowest BCUT2D eigenvalue weighted by Gasteiger charge is -2.31. The SMILES string of the molecule is CSC(C)CNC(=O)C(C)C1CNC1. The Balaban J connectivity index is 2.19. The molecular formula is C10H20N2OS. The zero-order valence-corrected chi connectivity index (χ0v) is 9.99. The molecular weight excluding hydrogens is 196 g/mol. The van der Waals surface area contributed by atoms with Crippen LogP contribution in [0.4, 0.5) is 0 Å². The van der Waals surface area contributed by atoms with Gasteiger partial charge in [-0.2, -0.15) is 11.8 Å². The highest BCUT2D eigenvalue weighted by atomic mass is 32.2. The van der Waals surface area contributed by atoms with Crippen LogP contribution in [0.3, 0.4) is 0 Å². The first-order valence-corrected chi connectivity index (χ1v) is 6.45. The molecule has 0 aromatic heterocycles. The zero-order chi connectivity index (χ0) is 10.6. The molecule has 0 aromatic rings. The van der Waals surface area contributed by atoms with Gasteiger partial charge in [0, 0.05) is 17.7 Å². The summed E-state index contributed by atoms with van der Waals surface area (Å²) in [5.74, 6) is 0.905. The van der Waals surface area contributed by atoms with E-state index in [1.807, 2.05) is 6.92 Å². The summed E-state index contributed by atoms with van der Waals surface area (Å²) in [5.41, 5.74) is 0. The molecule has 2 unspecified atom stereocenters. The van der Waals surface area contributed by atoms with Gasteiger partial charge in [-0.1, -0.05) is 13.8 Å². The lowest BCUT2D eigenvalue weighted by atomic mass is 9.88. The Hall–Kier alpha value is -0.220. The highest BCUT2D eigenvalue weighted by Gasteiger charge is 2.28. The molecule has 0 aromatic carbocycles. The van der Waals surface area contributed by atoms with E-state index in [2.05, 4.69) is 23.8 Å². The molecule has 1 aliphatic rings. The Kier molecular flexibility index (Phi) is 4.75. The Morgan fingerprint density at radius 3 is 2.64 bits per heavy atom. The summed E-state index contributed by atoms with van der Waals surface area (Å²) in [7, 11) is 0. The normalized spacial score (nSPS) is 21.1. The van der Waals surface area contributed by atoms with Crippen molar-refractivity contribution in [2.24, 2.45) is 11.8 Å². The maximum atomic E-state index is 11.6. The molecule has 1 amide bonds. The van der Waals surface area contributed by atoms with Crippen LogP contribution in [0, 0.1) is 11.8 Å². The largest absolute Gasteiger partial charge is 0.355 e. The van der Waals surface area contributed by atoms with Crippen LogP contribution in [0.15, 0.2) is 0 Å². The summed E-state index contributed by atoms with van der Waals surface area (Å²) < 4.78 is 0. The summed E-state index contributed by atoms with van der Waals surface area (Å²) in [4.78, 5) is 11.6. The molecule has 0 radical (unpaired) electrons. The third-order valence-electron chi connectivity index (χ3n) is 2.90. The van der Waals surface area contributed by atoms with E-state index < -0.39 is 0 Å². The Bertz CT molecular complexity index is 195. The minimum atomic E-state index is 0.158.